The average Bonchev–Trinajstić information content (AvgIpc) is 3.27. The fraction of sp³-hybridized carbons (Fsp3) is 0.550. The number of aromatic nitrogens is 3. The average molecular weight is 387 g/mol. The van der Waals surface area contributed by atoms with E-state index in [1.165, 1.54) is 5.57 Å². The van der Waals surface area contributed by atoms with Crippen molar-refractivity contribution in [3.8, 4) is 0 Å². The summed E-state index contributed by atoms with van der Waals surface area (Å²) >= 11 is 0. The van der Waals surface area contributed by atoms with Crippen molar-refractivity contribution in [1.29, 1.82) is 0 Å². The largest absolute Gasteiger partial charge is 0.465 e. The lowest BCUT2D eigenvalue weighted by Gasteiger charge is -2.20. The molecular weight excluding hydrogens is 358 g/mol. The Morgan fingerprint density at radius 3 is 3.00 bits per heavy atom. The van der Waals surface area contributed by atoms with Gasteiger partial charge in [0.1, 0.15) is 11.6 Å². The van der Waals surface area contributed by atoms with Crippen LogP contribution in [0.2, 0.25) is 0 Å². The molecule has 0 fully saturated rings. The molecule has 0 bridgehead atoms. The van der Waals surface area contributed by atoms with Crippen molar-refractivity contribution >= 4 is 12.0 Å². The van der Waals surface area contributed by atoms with E-state index < -0.39 is 0 Å². The smallest absolute Gasteiger partial charge is 0.222 e. The van der Waals surface area contributed by atoms with E-state index in [0.29, 0.717) is 13.0 Å². The molecule has 1 N–H and O–H groups in total. The lowest BCUT2D eigenvalue weighted by atomic mass is 10.2. The first-order chi connectivity index (χ1) is 13.6. The monoisotopic (exact) mass is 387 g/mol. The fourth-order valence-corrected chi connectivity index (χ4v) is 3.46. The number of nitrogens with zero attached hydrogens (tertiary/aromatic N) is 4. The summed E-state index contributed by atoms with van der Waals surface area (Å²) in [6, 6.07) is 3.67. The Hall–Kier alpha value is -2.45. The maximum absolute atomic E-state index is 12.0. The van der Waals surface area contributed by atoms with Gasteiger partial charge in [-0.25, -0.2) is 0 Å². The fourth-order valence-electron chi connectivity index (χ4n) is 3.46. The van der Waals surface area contributed by atoms with Crippen LogP contribution < -0.4 is 5.32 Å². The van der Waals surface area contributed by atoms with Crippen molar-refractivity contribution in [3.05, 3.63) is 41.4 Å². The molecule has 0 saturated carbocycles. The summed E-state index contributed by atoms with van der Waals surface area (Å²) in [4.78, 5) is 14.4. The number of carbonyl (C=O) groups excluding carboxylic acids is 1. The summed E-state index contributed by atoms with van der Waals surface area (Å²) in [6.07, 6.45) is 4.95. The van der Waals surface area contributed by atoms with Crippen molar-refractivity contribution in [2.45, 2.75) is 39.3 Å². The highest BCUT2D eigenvalue weighted by Crippen LogP contribution is 2.17. The van der Waals surface area contributed by atoms with Crippen molar-refractivity contribution in [2.75, 3.05) is 33.4 Å². The van der Waals surface area contributed by atoms with Crippen LogP contribution in [0.15, 0.2) is 28.4 Å². The van der Waals surface area contributed by atoms with Gasteiger partial charge in [-0.05, 0) is 32.1 Å². The summed E-state index contributed by atoms with van der Waals surface area (Å²) in [5, 5.41) is 11.7. The highest BCUT2D eigenvalue weighted by atomic mass is 16.5. The molecule has 8 nitrogen and oxygen atoms in total. The predicted octanol–water partition coefficient (Wildman–Crippen LogP) is 2.05. The van der Waals surface area contributed by atoms with Crippen LogP contribution in [-0.2, 0) is 22.5 Å². The quantitative estimate of drug-likeness (QED) is 0.746. The summed E-state index contributed by atoms with van der Waals surface area (Å²) in [7, 11) is 1.59. The predicted molar refractivity (Wildman–Crippen MR) is 106 cm³/mol. The van der Waals surface area contributed by atoms with Gasteiger partial charge >= 0.3 is 0 Å². The van der Waals surface area contributed by atoms with E-state index in [2.05, 4.69) is 38.0 Å². The number of nitrogens with one attached hydrogen (secondary N) is 1. The van der Waals surface area contributed by atoms with E-state index in [9.17, 15) is 4.79 Å². The molecule has 1 atom stereocenters. The van der Waals surface area contributed by atoms with Crippen LogP contribution in [0, 0.1) is 0 Å². The minimum absolute atomic E-state index is 0.0411. The SMILES string of the molecule is COCCC(=O)N[C@@H](C)c1nnc2n1CCN(C/C(C)=C/c1ccco1)CC2. The number of furan rings is 1. The summed E-state index contributed by atoms with van der Waals surface area (Å²) in [5.74, 6) is 2.62. The molecule has 3 rings (SSSR count). The normalized spacial score (nSPS) is 16.5. The van der Waals surface area contributed by atoms with Gasteiger partial charge in [-0.1, -0.05) is 5.57 Å². The minimum Gasteiger partial charge on any atom is -0.465 e. The Morgan fingerprint density at radius 1 is 1.39 bits per heavy atom. The topological polar surface area (TPSA) is 85.4 Å². The second-order valence-corrected chi connectivity index (χ2v) is 7.19. The lowest BCUT2D eigenvalue weighted by molar-refractivity contribution is -0.122. The molecule has 0 radical (unpaired) electrons. The van der Waals surface area contributed by atoms with E-state index in [-0.39, 0.29) is 11.9 Å². The summed E-state index contributed by atoms with van der Waals surface area (Å²) < 4.78 is 12.5. The molecule has 0 unspecified atom stereocenters. The number of methoxy groups -OCH3 is 1. The molecule has 0 saturated heterocycles. The Labute approximate surface area is 165 Å². The molecule has 28 heavy (non-hydrogen) atoms. The first kappa shape index (κ1) is 20.3. The van der Waals surface area contributed by atoms with Gasteiger partial charge in [0.2, 0.25) is 5.91 Å². The Morgan fingerprint density at radius 2 is 2.25 bits per heavy atom. The van der Waals surface area contributed by atoms with Crippen LogP contribution in [0.1, 0.15) is 43.7 Å². The van der Waals surface area contributed by atoms with Gasteiger partial charge in [0.15, 0.2) is 5.82 Å². The zero-order valence-corrected chi connectivity index (χ0v) is 16.9. The van der Waals surface area contributed by atoms with Gasteiger partial charge in [-0.3, -0.25) is 9.69 Å². The van der Waals surface area contributed by atoms with E-state index in [1.807, 2.05) is 19.1 Å². The number of hydrogen-bond acceptors (Lipinski definition) is 6. The summed E-state index contributed by atoms with van der Waals surface area (Å²) in [6.45, 7) is 8.01. The zero-order chi connectivity index (χ0) is 19.9. The Kier molecular flexibility index (Phi) is 7.00. The number of amides is 1. The molecule has 152 valence electrons. The highest BCUT2D eigenvalue weighted by molar-refractivity contribution is 5.76. The van der Waals surface area contributed by atoms with Gasteiger partial charge < -0.3 is 19.0 Å². The van der Waals surface area contributed by atoms with Gasteiger partial charge in [0.25, 0.3) is 0 Å². The third-order valence-corrected chi connectivity index (χ3v) is 4.85. The third-order valence-electron chi connectivity index (χ3n) is 4.85. The van der Waals surface area contributed by atoms with Gasteiger partial charge in [-0.2, -0.15) is 0 Å². The molecule has 8 heteroatoms. The van der Waals surface area contributed by atoms with Crippen LogP contribution in [0.5, 0.6) is 0 Å². The van der Waals surface area contributed by atoms with Crippen LogP contribution in [-0.4, -0.2) is 58.9 Å². The second-order valence-electron chi connectivity index (χ2n) is 7.19. The first-order valence-corrected chi connectivity index (χ1v) is 9.70. The molecule has 0 aromatic carbocycles. The van der Waals surface area contributed by atoms with E-state index in [1.54, 1.807) is 13.4 Å². The second kappa shape index (κ2) is 9.66. The van der Waals surface area contributed by atoms with E-state index in [4.69, 9.17) is 9.15 Å². The van der Waals surface area contributed by atoms with Crippen molar-refractivity contribution in [1.82, 2.24) is 25.0 Å². The minimum atomic E-state index is -0.183. The number of carbonyl (C=O) groups is 1. The van der Waals surface area contributed by atoms with Crippen LogP contribution in [0.3, 0.4) is 0 Å². The molecule has 2 aromatic rings. The maximum Gasteiger partial charge on any atom is 0.222 e. The number of fused-ring (bicyclic) bond motifs is 1. The van der Waals surface area contributed by atoms with E-state index >= 15 is 0 Å². The summed E-state index contributed by atoms with van der Waals surface area (Å²) in [5.41, 5.74) is 1.26. The first-order valence-electron chi connectivity index (χ1n) is 9.70. The Balaban J connectivity index is 1.59. The van der Waals surface area contributed by atoms with Gasteiger partial charge in [-0.15, -0.1) is 10.2 Å². The number of hydrogen-bond donors (Lipinski definition) is 1. The standard InChI is InChI=1S/C20H29N5O3/c1-15(13-17-5-4-11-28-17)14-24-8-6-18-22-23-20(25(18)10-9-24)16(2)21-19(26)7-12-27-3/h4-5,11,13,16H,6-10,12,14H2,1-3H3,(H,21,26)/b15-13+/t16-/m0/s1. The molecular formula is C20H29N5O3. The molecule has 3 heterocycles. The molecule has 1 amide bonds. The van der Waals surface area contributed by atoms with Crippen LogP contribution in [0.4, 0.5) is 0 Å². The molecule has 2 aromatic heterocycles. The highest BCUT2D eigenvalue weighted by Gasteiger charge is 2.22. The molecule has 1 aliphatic heterocycles. The molecule has 0 spiro atoms. The van der Waals surface area contributed by atoms with Crippen LogP contribution >= 0.6 is 0 Å². The Bertz CT molecular complexity index is 797. The lowest BCUT2D eigenvalue weighted by Crippen LogP contribution is -2.31. The number of rotatable bonds is 8. The molecule has 1 aliphatic rings. The van der Waals surface area contributed by atoms with Crippen LogP contribution in [0.25, 0.3) is 6.08 Å². The maximum atomic E-state index is 12.0. The van der Waals surface area contributed by atoms with Crippen molar-refractivity contribution in [3.63, 3.8) is 0 Å². The number of ether oxygens (including phenoxy) is 1. The third kappa shape index (κ3) is 5.30. The van der Waals surface area contributed by atoms with Gasteiger partial charge in [0, 0.05) is 46.1 Å². The zero-order valence-electron chi connectivity index (χ0n) is 16.9. The molecule has 0 aliphatic carbocycles. The van der Waals surface area contributed by atoms with Gasteiger partial charge in [0.05, 0.1) is 18.9 Å². The van der Waals surface area contributed by atoms with Crippen molar-refractivity contribution < 1.29 is 13.9 Å². The van der Waals surface area contributed by atoms with Crippen molar-refractivity contribution in [2.24, 2.45) is 0 Å². The van der Waals surface area contributed by atoms with E-state index in [0.717, 1.165) is 50.0 Å².